The molecule has 1 aliphatic rings. The van der Waals surface area contributed by atoms with Gasteiger partial charge in [-0.1, -0.05) is 6.92 Å². The van der Waals surface area contributed by atoms with Crippen LogP contribution in [0.25, 0.3) is 0 Å². The third-order valence-corrected chi connectivity index (χ3v) is 3.09. The molecule has 1 aromatic rings. The molecule has 2 rings (SSSR count). The van der Waals surface area contributed by atoms with E-state index in [4.69, 9.17) is 9.15 Å². The highest BCUT2D eigenvalue weighted by atomic mass is 16.5. The average molecular weight is 237 g/mol. The number of rotatable bonds is 2. The van der Waals surface area contributed by atoms with E-state index >= 15 is 0 Å². The van der Waals surface area contributed by atoms with Crippen LogP contribution in [0, 0.1) is 0 Å². The van der Waals surface area contributed by atoms with E-state index in [1.54, 1.807) is 6.07 Å². The summed E-state index contributed by atoms with van der Waals surface area (Å²) in [4.78, 5) is 14.1. The van der Waals surface area contributed by atoms with Crippen LogP contribution in [-0.2, 0) is 11.2 Å². The summed E-state index contributed by atoms with van der Waals surface area (Å²) >= 11 is 0. The molecule has 2 atom stereocenters. The molecule has 0 spiro atoms. The number of hydrogen-bond acceptors (Lipinski definition) is 3. The van der Waals surface area contributed by atoms with Gasteiger partial charge < -0.3 is 14.1 Å². The Morgan fingerprint density at radius 1 is 1.47 bits per heavy atom. The molecule has 0 saturated carbocycles. The monoisotopic (exact) mass is 237 g/mol. The highest BCUT2D eigenvalue weighted by Crippen LogP contribution is 2.17. The number of ether oxygens (including phenoxy) is 1. The Labute approximate surface area is 102 Å². The third kappa shape index (κ3) is 2.52. The Hall–Kier alpha value is -1.29. The second kappa shape index (κ2) is 4.92. The van der Waals surface area contributed by atoms with Crippen molar-refractivity contribution in [2.75, 3.05) is 13.2 Å². The normalized spacial score (nSPS) is 25.0. The van der Waals surface area contributed by atoms with Gasteiger partial charge in [-0.05, 0) is 26.0 Å². The van der Waals surface area contributed by atoms with Crippen molar-refractivity contribution in [2.45, 2.75) is 39.3 Å². The average Bonchev–Trinajstić information content (AvgIpc) is 2.80. The van der Waals surface area contributed by atoms with Crippen molar-refractivity contribution < 1.29 is 13.9 Å². The molecule has 17 heavy (non-hydrogen) atoms. The fourth-order valence-electron chi connectivity index (χ4n) is 2.01. The Morgan fingerprint density at radius 2 is 2.24 bits per heavy atom. The second-order valence-electron chi connectivity index (χ2n) is 4.57. The Bertz CT molecular complexity index is 399. The van der Waals surface area contributed by atoms with Crippen LogP contribution in [0.5, 0.6) is 0 Å². The number of aryl methyl sites for hydroxylation is 1. The zero-order valence-corrected chi connectivity index (χ0v) is 10.6. The van der Waals surface area contributed by atoms with Crippen molar-refractivity contribution in [3.8, 4) is 0 Å². The molecule has 94 valence electrons. The quantitative estimate of drug-likeness (QED) is 0.791. The lowest BCUT2D eigenvalue weighted by Gasteiger charge is -2.36. The first-order valence-corrected chi connectivity index (χ1v) is 6.13. The molecule has 0 unspecified atom stereocenters. The highest BCUT2D eigenvalue weighted by Gasteiger charge is 2.29. The molecule has 1 aliphatic heterocycles. The van der Waals surface area contributed by atoms with Crippen molar-refractivity contribution in [1.29, 1.82) is 0 Å². The van der Waals surface area contributed by atoms with Crippen LogP contribution in [0.15, 0.2) is 16.5 Å². The van der Waals surface area contributed by atoms with Crippen molar-refractivity contribution in [3.05, 3.63) is 23.7 Å². The predicted molar refractivity (Wildman–Crippen MR) is 64.0 cm³/mol. The lowest BCUT2D eigenvalue weighted by atomic mass is 10.2. The number of nitrogens with zero attached hydrogens (tertiary/aromatic N) is 1. The standard InChI is InChI=1S/C13H19NO3/c1-4-11-5-6-12(17-11)13(15)14-7-10(3)16-8-9(14)2/h5-6,9-10H,4,7-8H2,1-3H3/t9-,10+/m0/s1. The van der Waals surface area contributed by atoms with Gasteiger partial charge in [-0.15, -0.1) is 0 Å². The molecule has 2 heterocycles. The largest absolute Gasteiger partial charge is 0.456 e. The summed E-state index contributed by atoms with van der Waals surface area (Å²) in [6.45, 7) is 7.20. The molecule has 0 bridgehead atoms. The van der Waals surface area contributed by atoms with E-state index in [2.05, 4.69) is 0 Å². The second-order valence-corrected chi connectivity index (χ2v) is 4.57. The van der Waals surface area contributed by atoms with Crippen LogP contribution in [0.2, 0.25) is 0 Å². The maximum Gasteiger partial charge on any atom is 0.289 e. The summed E-state index contributed by atoms with van der Waals surface area (Å²) in [5, 5.41) is 0. The summed E-state index contributed by atoms with van der Waals surface area (Å²) in [5.74, 6) is 1.25. The zero-order valence-electron chi connectivity index (χ0n) is 10.6. The molecule has 1 amide bonds. The molecular weight excluding hydrogens is 218 g/mol. The SMILES string of the molecule is CCc1ccc(C(=O)N2C[C@@H](C)OC[C@@H]2C)o1. The van der Waals surface area contributed by atoms with Crippen molar-refractivity contribution in [2.24, 2.45) is 0 Å². The van der Waals surface area contributed by atoms with E-state index < -0.39 is 0 Å². The van der Waals surface area contributed by atoms with Crippen LogP contribution >= 0.6 is 0 Å². The maximum absolute atomic E-state index is 12.3. The number of morpholine rings is 1. The van der Waals surface area contributed by atoms with Crippen LogP contribution in [0.4, 0.5) is 0 Å². The highest BCUT2D eigenvalue weighted by molar-refractivity contribution is 5.91. The van der Waals surface area contributed by atoms with Gasteiger partial charge in [0.2, 0.25) is 0 Å². The van der Waals surface area contributed by atoms with Crippen LogP contribution in [0.3, 0.4) is 0 Å². The minimum Gasteiger partial charge on any atom is -0.456 e. The molecule has 4 nitrogen and oxygen atoms in total. The van der Waals surface area contributed by atoms with E-state index in [1.165, 1.54) is 0 Å². The Kier molecular flexibility index (Phi) is 3.52. The molecule has 1 aromatic heterocycles. The number of amides is 1. The Morgan fingerprint density at radius 3 is 2.88 bits per heavy atom. The van der Waals surface area contributed by atoms with Gasteiger partial charge in [0.25, 0.3) is 5.91 Å². The lowest BCUT2D eigenvalue weighted by Crippen LogP contribution is -2.50. The number of hydrogen-bond donors (Lipinski definition) is 0. The zero-order chi connectivity index (χ0) is 12.4. The van der Waals surface area contributed by atoms with Crippen LogP contribution < -0.4 is 0 Å². The minimum absolute atomic E-state index is 0.0349. The molecule has 1 saturated heterocycles. The topological polar surface area (TPSA) is 42.7 Å². The van der Waals surface area contributed by atoms with E-state index in [-0.39, 0.29) is 18.1 Å². The molecule has 1 fully saturated rings. The first kappa shape index (κ1) is 12.2. The van der Waals surface area contributed by atoms with Gasteiger partial charge in [0.05, 0.1) is 18.8 Å². The van der Waals surface area contributed by atoms with Gasteiger partial charge in [-0.2, -0.15) is 0 Å². The van der Waals surface area contributed by atoms with Gasteiger partial charge in [0, 0.05) is 13.0 Å². The van der Waals surface area contributed by atoms with Gasteiger partial charge >= 0.3 is 0 Å². The maximum atomic E-state index is 12.3. The van der Waals surface area contributed by atoms with Gasteiger partial charge in [-0.3, -0.25) is 4.79 Å². The van der Waals surface area contributed by atoms with Crippen molar-refractivity contribution in [1.82, 2.24) is 4.90 Å². The van der Waals surface area contributed by atoms with Gasteiger partial charge in [0.1, 0.15) is 5.76 Å². The predicted octanol–water partition coefficient (Wildman–Crippen LogP) is 2.09. The molecule has 0 aromatic carbocycles. The van der Waals surface area contributed by atoms with E-state index in [1.807, 2.05) is 31.7 Å². The summed E-state index contributed by atoms with van der Waals surface area (Å²) < 4.78 is 11.0. The van der Waals surface area contributed by atoms with Gasteiger partial charge in [0.15, 0.2) is 5.76 Å². The smallest absolute Gasteiger partial charge is 0.289 e. The van der Waals surface area contributed by atoms with Crippen LogP contribution in [-0.4, -0.2) is 36.1 Å². The minimum atomic E-state index is -0.0349. The van der Waals surface area contributed by atoms with Crippen molar-refractivity contribution in [3.63, 3.8) is 0 Å². The number of furan rings is 1. The third-order valence-electron chi connectivity index (χ3n) is 3.09. The molecular formula is C13H19NO3. The van der Waals surface area contributed by atoms with Gasteiger partial charge in [-0.25, -0.2) is 0 Å². The fourth-order valence-corrected chi connectivity index (χ4v) is 2.01. The molecule has 4 heteroatoms. The summed E-state index contributed by atoms with van der Waals surface area (Å²) in [6, 6.07) is 3.73. The number of carbonyl (C=O) groups excluding carboxylic acids is 1. The summed E-state index contributed by atoms with van der Waals surface area (Å²) in [7, 11) is 0. The molecule has 0 aliphatic carbocycles. The van der Waals surface area contributed by atoms with E-state index in [9.17, 15) is 4.79 Å². The van der Waals surface area contributed by atoms with Crippen molar-refractivity contribution >= 4 is 5.91 Å². The lowest BCUT2D eigenvalue weighted by molar-refractivity contribution is -0.0396. The van der Waals surface area contributed by atoms with E-state index in [0.29, 0.717) is 18.9 Å². The first-order valence-electron chi connectivity index (χ1n) is 6.13. The molecule has 0 radical (unpaired) electrons. The fraction of sp³-hybridized carbons (Fsp3) is 0.615. The van der Waals surface area contributed by atoms with E-state index in [0.717, 1.165) is 12.2 Å². The summed E-state index contributed by atoms with van der Waals surface area (Å²) in [5.41, 5.74) is 0. The summed E-state index contributed by atoms with van der Waals surface area (Å²) in [6.07, 6.45) is 0.901. The number of carbonyl (C=O) groups is 1. The first-order chi connectivity index (χ1) is 8.11. The molecule has 0 N–H and O–H groups in total. The Balaban J connectivity index is 2.12. The van der Waals surface area contributed by atoms with Crippen LogP contribution in [0.1, 0.15) is 37.1 Å².